The normalized spacial score (nSPS) is 10.3. The maximum absolute atomic E-state index is 11.7. The molecule has 5 nitrogen and oxygen atoms in total. The van der Waals surface area contributed by atoms with Gasteiger partial charge in [-0.25, -0.2) is 9.78 Å². The minimum atomic E-state index is -1.06. The lowest BCUT2D eigenvalue weighted by molar-refractivity contribution is -0.118. The quantitative estimate of drug-likeness (QED) is 0.799. The Balaban J connectivity index is 1.76. The first kappa shape index (κ1) is 15.5. The van der Waals surface area contributed by atoms with Gasteiger partial charge in [-0.15, -0.1) is 23.1 Å². The van der Waals surface area contributed by atoms with Crippen LogP contribution in [0.2, 0.25) is 0 Å². The largest absolute Gasteiger partial charge is 0.476 e. The van der Waals surface area contributed by atoms with E-state index in [1.807, 2.05) is 31.2 Å². The first-order valence-electron chi connectivity index (χ1n) is 6.18. The van der Waals surface area contributed by atoms with E-state index < -0.39 is 5.97 Å². The highest BCUT2D eigenvalue weighted by Gasteiger charge is 2.09. The highest BCUT2D eigenvalue weighted by molar-refractivity contribution is 8.00. The summed E-state index contributed by atoms with van der Waals surface area (Å²) in [5.74, 6) is -0.841. The van der Waals surface area contributed by atoms with Gasteiger partial charge in [0, 0.05) is 10.3 Å². The maximum Gasteiger partial charge on any atom is 0.355 e. The van der Waals surface area contributed by atoms with Gasteiger partial charge >= 0.3 is 5.97 Å². The molecule has 0 aliphatic rings. The molecule has 110 valence electrons. The number of thiazole rings is 1. The third-order valence-corrected chi connectivity index (χ3v) is 4.46. The molecule has 0 bridgehead atoms. The van der Waals surface area contributed by atoms with E-state index in [4.69, 9.17) is 5.11 Å². The molecule has 0 atom stereocenters. The van der Waals surface area contributed by atoms with Crippen LogP contribution >= 0.6 is 23.1 Å². The molecule has 2 aromatic rings. The molecule has 21 heavy (non-hydrogen) atoms. The van der Waals surface area contributed by atoms with Crippen molar-refractivity contribution >= 4 is 35.0 Å². The SMILES string of the molecule is Cc1ccc(SCC(=O)NCc2nc(C(=O)O)cs2)cc1. The number of carboxylic acids is 1. The van der Waals surface area contributed by atoms with Crippen molar-refractivity contribution in [2.45, 2.75) is 18.4 Å². The molecule has 7 heteroatoms. The van der Waals surface area contributed by atoms with Gasteiger partial charge in [0.05, 0.1) is 12.3 Å². The highest BCUT2D eigenvalue weighted by atomic mass is 32.2. The van der Waals surface area contributed by atoms with Gasteiger partial charge in [-0.05, 0) is 19.1 Å². The summed E-state index contributed by atoms with van der Waals surface area (Å²) in [4.78, 5) is 27.4. The van der Waals surface area contributed by atoms with Crippen molar-refractivity contribution in [3.05, 3.63) is 45.9 Å². The zero-order valence-corrected chi connectivity index (χ0v) is 13.0. The zero-order valence-electron chi connectivity index (χ0n) is 11.3. The average Bonchev–Trinajstić information content (AvgIpc) is 2.93. The van der Waals surface area contributed by atoms with Crippen LogP contribution in [0.15, 0.2) is 34.5 Å². The Morgan fingerprint density at radius 2 is 2.05 bits per heavy atom. The second-order valence-corrected chi connectivity index (χ2v) is 6.30. The first-order chi connectivity index (χ1) is 10.0. The molecule has 1 aromatic carbocycles. The molecule has 1 aromatic heterocycles. The smallest absolute Gasteiger partial charge is 0.355 e. The van der Waals surface area contributed by atoms with Crippen molar-refractivity contribution in [2.24, 2.45) is 0 Å². The predicted molar refractivity (Wildman–Crippen MR) is 82.8 cm³/mol. The lowest BCUT2D eigenvalue weighted by atomic mass is 10.2. The van der Waals surface area contributed by atoms with Crippen LogP contribution in [0.4, 0.5) is 0 Å². The molecule has 0 saturated carbocycles. The summed E-state index contributed by atoms with van der Waals surface area (Å²) in [6.07, 6.45) is 0. The van der Waals surface area contributed by atoms with E-state index >= 15 is 0 Å². The van der Waals surface area contributed by atoms with Crippen LogP contribution in [0.1, 0.15) is 21.1 Å². The number of hydrogen-bond donors (Lipinski definition) is 2. The van der Waals surface area contributed by atoms with Gasteiger partial charge in [0.2, 0.25) is 5.91 Å². The fourth-order valence-electron chi connectivity index (χ4n) is 1.50. The number of thioether (sulfide) groups is 1. The standard InChI is InChI=1S/C14H14N2O3S2/c1-9-2-4-10(5-3-9)20-8-12(17)15-6-13-16-11(7-21-13)14(18)19/h2-5,7H,6,8H2,1H3,(H,15,17)(H,18,19). The van der Waals surface area contributed by atoms with E-state index in [-0.39, 0.29) is 18.1 Å². The number of hydrogen-bond acceptors (Lipinski definition) is 5. The van der Waals surface area contributed by atoms with Gasteiger partial charge in [-0.1, -0.05) is 17.7 Å². The molecule has 0 spiro atoms. The molecule has 1 heterocycles. The van der Waals surface area contributed by atoms with E-state index in [2.05, 4.69) is 10.3 Å². The number of benzene rings is 1. The fourth-order valence-corrected chi connectivity index (χ4v) is 2.94. The minimum absolute atomic E-state index is 0.0123. The molecule has 0 aliphatic carbocycles. The highest BCUT2D eigenvalue weighted by Crippen LogP contribution is 2.18. The Labute approximate surface area is 130 Å². The average molecular weight is 322 g/mol. The Hall–Kier alpha value is -1.86. The van der Waals surface area contributed by atoms with E-state index in [0.29, 0.717) is 10.8 Å². The van der Waals surface area contributed by atoms with Gasteiger partial charge in [-0.3, -0.25) is 4.79 Å². The van der Waals surface area contributed by atoms with Crippen molar-refractivity contribution in [1.29, 1.82) is 0 Å². The number of rotatable bonds is 6. The monoisotopic (exact) mass is 322 g/mol. The molecule has 2 N–H and O–H groups in total. The van der Waals surface area contributed by atoms with Gasteiger partial charge in [0.25, 0.3) is 0 Å². The molecule has 0 aliphatic heterocycles. The van der Waals surface area contributed by atoms with E-state index in [0.717, 1.165) is 4.90 Å². The van der Waals surface area contributed by atoms with Crippen LogP contribution in [0.5, 0.6) is 0 Å². The van der Waals surface area contributed by atoms with Crippen LogP contribution in [0.25, 0.3) is 0 Å². The summed E-state index contributed by atoms with van der Waals surface area (Å²) < 4.78 is 0. The van der Waals surface area contributed by atoms with Gasteiger partial charge in [0.15, 0.2) is 5.69 Å². The number of nitrogens with zero attached hydrogens (tertiary/aromatic N) is 1. The van der Waals surface area contributed by atoms with Crippen molar-refractivity contribution in [2.75, 3.05) is 5.75 Å². The Bertz CT molecular complexity index is 638. The number of aromatic nitrogens is 1. The van der Waals surface area contributed by atoms with Crippen molar-refractivity contribution in [3.8, 4) is 0 Å². The zero-order chi connectivity index (χ0) is 15.2. The van der Waals surface area contributed by atoms with Crippen LogP contribution < -0.4 is 5.32 Å². The summed E-state index contributed by atoms with van der Waals surface area (Å²) in [6, 6.07) is 7.97. The second kappa shape index (κ2) is 7.24. The fraction of sp³-hybridized carbons (Fsp3) is 0.214. The number of nitrogens with one attached hydrogen (secondary N) is 1. The van der Waals surface area contributed by atoms with Crippen molar-refractivity contribution in [3.63, 3.8) is 0 Å². The Morgan fingerprint density at radius 1 is 1.33 bits per heavy atom. The molecule has 0 unspecified atom stereocenters. The number of aryl methyl sites for hydroxylation is 1. The molecular formula is C14H14N2O3S2. The number of amides is 1. The Kier molecular flexibility index (Phi) is 5.35. The third kappa shape index (κ3) is 4.87. The topological polar surface area (TPSA) is 79.3 Å². The van der Waals surface area contributed by atoms with Gasteiger partial charge in [0.1, 0.15) is 5.01 Å². The summed E-state index contributed by atoms with van der Waals surface area (Å²) >= 11 is 2.68. The summed E-state index contributed by atoms with van der Waals surface area (Å²) in [5.41, 5.74) is 1.19. The molecule has 2 rings (SSSR count). The van der Waals surface area contributed by atoms with Crippen LogP contribution in [-0.4, -0.2) is 27.7 Å². The second-order valence-electron chi connectivity index (χ2n) is 4.31. The maximum atomic E-state index is 11.7. The van der Waals surface area contributed by atoms with Crippen LogP contribution in [0.3, 0.4) is 0 Å². The molecule has 1 amide bonds. The molecule has 0 radical (unpaired) electrons. The van der Waals surface area contributed by atoms with Gasteiger partial charge < -0.3 is 10.4 Å². The minimum Gasteiger partial charge on any atom is -0.476 e. The van der Waals surface area contributed by atoms with Crippen molar-refractivity contribution in [1.82, 2.24) is 10.3 Å². The first-order valence-corrected chi connectivity index (χ1v) is 8.05. The summed E-state index contributed by atoms with van der Waals surface area (Å²) in [7, 11) is 0. The summed E-state index contributed by atoms with van der Waals surface area (Å²) in [6.45, 7) is 2.27. The molecule has 0 saturated heterocycles. The molecular weight excluding hydrogens is 308 g/mol. The van der Waals surface area contributed by atoms with Gasteiger partial charge in [-0.2, -0.15) is 0 Å². The lowest BCUT2D eigenvalue weighted by Crippen LogP contribution is -2.24. The lowest BCUT2D eigenvalue weighted by Gasteiger charge is -2.03. The third-order valence-electron chi connectivity index (χ3n) is 2.60. The number of carboxylic acid groups (broad SMARTS) is 1. The number of carbonyl (C=O) groups excluding carboxylic acids is 1. The number of carbonyl (C=O) groups is 2. The molecule has 0 fully saturated rings. The van der Waals surface area contributed by atoms with E-state index in [1.165, 1.54) is 34.0 Å². The number of aromatic carboxylic acids is 1. The van der Waals surface area contributed by atoms with Crippen LogP contribution in [0, 0.1) is 6.92 Å². The summed E-state index contributed by atoms with van der Waals surface area (Å²) in [5, 5.41) is 13.5. The van der Waals surface area contributed by atoms with Crippen LogP contribution in [-0.2, 0) is 11.3 Å². The predicted octanol–water partition coefficient (Wildman–Crippen LogP) is 2.56. The van der Waals surface area contributed by atoms with Crippen molar-refractivity contribution < 1.29 is 14.7 Å². The Morgan fingerprint density at radius 3 is 2.67 bits per heavy atom. The van der Waals surface area contributed by atoms with E-state index in [9.17, 15) is 9.59 Å². The van der Waals surface area contributed by atoms with E-state index in [1.54, 1.807) is 0 Å².